The Bertz CT molecular complexity index is 701. The number of nitrogens with one attached hydrogen (secondary N) is 1. The van der Waals surface area contributed by atoms with Gasteiger partial charge in [-0.25, -0.2) is 0 Å². The Morgan fingerprint density at radius 2 is 2.00 bits per heavy atom. The zero-order chi connectivity index (χ0) is 15.4. The Hall–Kier alpha value is -2.40. The molecule has 2 aromatic rings. The minimum absolute atomic E-state index is 0.0606. The molecule has 0 aliphatic rings. The molecular weight excluding hydrogens is 292 g/mol. The van der Waals surface area contributed by atoms with E-state index >= 15 is 0 Å². The molecule has 0 atom stereocenters. The number of nitro groups is 1. The minimum Gasteiger partial charge on any atom is -0.326 e. The van der Waals surface area contributed by atoms with E-state index in [4.69, 9.17) is 11.6 Å². The molecule has 0 heterocycles. The van der Waals surface area contributed by atoms with Crippen molar-refractivity contribution in [1.82, 2.24) is 0 Å². The molecule has 5 nitrogen and oxygen atoms in total. The number of nitro benzene ring substituents is 1. The lowest BCUT2D eigenvalue weighted by molar-refractivity contribution is -0.385. The van der Waals surface area contributed by atoms with Gasteiger partial charge in [-0.05, 0) is 24.6 Å². The van der Waals surface area contributed by atoms with Crippen LogP contribution in [0.4, 0.5) is 11.4 Å². The number of aryl methyl sites for hydroxylation is 1. The van der Waals surface area contributed by atoms with Crippen molar-refractivity contribution in [2.75, 3.05) is 5.32 Å². The fraction of sp³-hybridized carbons (Fsp3) is 0.133. The topological polar surface area (TPSA) is 72.2 Å². The third-order valence-corrected chi connectivity index (χ3v) is 3.40. The van der Waals surface area contributed by atoms with Gasteiger partial charge in [0, 0.05) is 22.3 Å². The lowest BCUT2D eigenvalue weighted by Gasteiger charge is -2.07. The molecule has 2 rings (SSSR count). The summed E-state index contributed by atoms with van der Waals surface area (Å²) in [6, 6.07) is 11.4. The van der Waals surface area contributed by atoms with Crippen LogP contribution in [-0.4, -0.2) is 10.8 Å². The van der Waals surface area contributed by atoms with Crippen LogP contribution in [0.3, 0.4) is 0 Å². The Kier molecular flexibility index (Phi) is 4.55. The molecule has 21 heavy (non-hydrogen) atoms. The molecule has 0 aromatic heterocycles. The molecule has 0 aliphatic carbocycles. The maximum Gasteiger partial charge on any atom is 0.273 e. The van der Waals surface area contributed by atoms with Crippen LogP contribution < -0.4 is 5.32 Å². The van der Waals surface area contributed by atoms with Crippen molar-refractivity contribution in [3.63, 3.8) is 0 Å². The van der Waals surface area contributed by atoms with Crippen molar-refractivity contribution >= 4 is 28.9 Å². The van der Waals surface area contributed by atoms with Crippen LogP contribution in [0.1, 0.15) is 11.1 Å². The van der Waals surface area contributed by atoms with E-state index < -0.39 is 4.92 Å². The smallest absolute Gasteiger partial charge is 0.273 e. The number of para-hydroxylation sites is 1. The molecule has 2 aromatic carbocycles. The van der Waals surface area contributed by atoms with Gasteiger partial charge in [0.1, 0.15) is 0 Å². The van der Waals surface area contributed by atoms with E-state index in [1.54, 1.807) is 36.4 Å². The third kappa shape index (κ3) is 3.79. The first kappa shape index (κ1) is 15.0. The molecule has 108 valence electrons. The van der Waals surface area contributed by atoms with Crippen LogP contribution in [-0.2, 0) is 11.2 Å². The summed E-state index contributed by atoms with van der Waals surface area (Å²) < 4.78 is 0. The molecule has 0 fully saturated rings. The Labute approximate surface area is 126 Å². The van der Waals surface area contributed by atoms with Crippen LogP contribution in [0.25, 0.3) is 0 Å². The van der Waals surface area contributed by atoms with Gasteiger partial charge in [-0.2, -0.15) is 0 Å². The zero-order valence-electron chi connectivity index (χ0n) is 11.3. The van der Waals surface area contributed by atoms with E-state index in [0.717, 1.165) is 5.56 Å². The largest absolute Gasteiger partial charge is 0.326 e. The molecule has 0 bridgehead atoms. The maximum atomic E-state index is 12.0. The summed E-state index contributed by atoms with van der Waals surface area (Å²) in [6.07, 6.45) is -0.0668. The Morgan fingerprint density at radius 3 is 2.67 bits per heavy atom. The third-order valence-electron chi connectivity index (χ3n) is 2.99. The predicted molar refractivity (Wildman–Crippen MR) is 81.6 cm³/mol. The number of rotatable bonds is 4. The van der Waals surface area contributed by atoms with Gasteiger partial charge in [-0.15, -0.1) is 0 Å². The average Bonchev–Trinajstić information content (AvgIpc) is 2.43. The van der Waals surface area contributed by atoms with Crippen molar-refractivity contribution in [3.05, 3.63) is 68.7 Å². The van der Waals surface area contributed by atoms with Crippen molar-refractivity contribution in [2.24, 2.45) is 0 Å². The molecular formula is C15H13ClN2O3. The van der Waals surface area contributed by atoms with E-state index in [1.165, 1.54) is 6.07 Å². The van der Waals surface area contributed by atoms with Crippen molar-refractivity contribution < 1.29 is 9.72 Å². The summed E-state index contributed by atoms with van der Waals surface area (Å²) in [5.41, 5.74) is 1.79. The van der Waals surface area contributed by atoms with E-state index in [9.17, 15) is 14.9 Å². The number of nitrogens with zero attached hydrogens (tertiary/aromatic N) is 1. The summed E-state index contributed by atoms with van der Waals surface area (Å²) in [4.78, 5) is 22.4. The first-order chi connectivity index (χ1) is 9.97. The maximum absolute atomic E-state index is 12.0. The SMILES string of the molecule is Cc1ccc(NC(=O)Cc2ccccc2[N+](=O)[O-])cc1Cl. The number of amides is 1. The van der Waals surface area contributed by atoms with Crippen LogP contribution in [0.2, 0.25) is 5.02 Å². The molecule has 0 radical (unpaired) electrons. The second-order valence-electron chi connectivity index (χ2n) is 4.57. The number of hydrogen-bond donors (Lipinski definition) is 1. The minimum atomic E-state index is -0.495. The highest BCUT2D eigenvalue weighted by atomic mass is 35.5. The van der Waals surface area contributed by atoms with Gasteiger partial charge >= 0.3 is 0 Å². The molecule has 0 aliphatic heterocycles. The predicted octanol–water partition coefficient (Wildman–Crippen LogP) is 3.74. The summed E-state index contributed by atoms with van der Waals surface area (Å²) in [7, 11) is 0. The van der Waals surface area contributed by atoms with Gasteiger partial charge < -0.3 is 5.32 Å². The van der Waals surface area contributed by atoms with Crippen LogP contribution >= 0.6 is 11.6 Å². The first-order valence-electron chi connectivity index (χ1n) is 6.25. The fourth-order valence-corrected chi connectivity index (χ4v) is 2.07. The molecule has 0 unspecified atom stereocenters. The molecule has 6 heteroatoms. The molecule has 1 N–H and O–H groups in total. The normalized spacial score (nSPS) is 10.2. The number of hydrogen-bond acceptors (Lipinski definition) is 3. The van der Waals surface area contributed by atoms with Gasteiger partial charge in [-0.1, -0.05) is 35.9 Å². The highest BCUT2D eigenvalue weighted by Gasteiger charge is 2.15. The molecule has 0 saturated heterocycles. The van der Waals surface area contributed by atoms with Gasteiger partial charge in [0.05, 0.1) is 11.3 Å². The van der Waals surface area contributed by atoms with Crippen molar-refractivity contribution in [3.8, 4) is 0 Å². The summed E-state index contributed by atoms with van der Waals surface area (Å²) in [6.45, 7) is 1.86. The molecule has 0 spiro atoms. The summed E-state index contributed by atoms with van der Waals surface area (Å²) in [5.74, 6) is -0.329. The monoisotopic (exact) mass is 304 g/mol. The van der Waals surface area contributed by atoms with Gasteiger partial charge in [0.15, 0.2) is 0 Å². The van der Waals surface area contributed by atoms with E-state index in [2.05, 4.69) is 5.32 Å². The quantitative estimate of drug-likeness (QED) is 0.691. The van der Waals surface area contributed by atoms with Crippen molar-refractivity contribution in [2.45, 2.75) is 13.3 Å². The first-order valence-corrected chi connectivity index (χ1v) is 6.63. The van der Waals surface area contributed by atoms with E-state index in [1.807, 2.05) is 6.92 Å². The van der Waals surface area contributed by atoms with Crippen molar-refractivity contribution in [1.29, 1.82) is 0 Å². The lowest BCUT2D eigenvalue weighted by Crippen LogP contribution is -2.15. The van der Waals surface area contributed by atoms with Crippen LogP contribution in [0, 0.1) is 17.0 Å². The fourth-order valence-electron chi connectivity index (χ4n) is 1.89. The number of benzene rings is 2. The average molecular weight is 305 g/mol. The summed E-state index contributed by atoms with van der Waals surface area (Å²) >= 11 is 5.98. The second kappa shape index (κ2) is 6.37. The van der Waals surface area contributed by atoms with Crippen LogP contribution in [0.15, 0.2) is 42.5 Å². The lowest BCUT2D eigenvalue weighted by atomic mass is 10.1. The molecule has 0 saturated carbocycles. The zero-order valence-corrected chi connectivity index (χ0v) is 12.1. The van der Waals surface area contributed by atoms with Crippen LogP contribution in [0.5, 0.6) is 0 Å². The highest BCUT2D eigenvalue weighted by molar-refractivity contribution is 6.31. The Balaban J connectivity index is 2.12. The van der Waals surface area contributed by atoms with E-state index in [0.29, 0.717) is 16.3 Å². The van der Waals surface area contributed by atoms with Gasteiger partial charge in [0.25, 0.3) is 5.69 Å². The number of anilines is 1. The van der Waals surface area contributed by atoms with Gasteiger partial charge in [-0.3, -0.25) is 14.9 Å². The highest BCUT2D eigenvalue weighted by Crippen LogP contribution is 2.21. The standard InChI is InChI=1S/C15H13ClN2O3/c1-10-6-7-12(9-13(10)16)17-15(19)8-11-4-2-3-5-14(11)18(20)21/h2-7,9H,8H2,1H3,(H,17,19). The number of halogens is 1. The van der Waals surface area contributed by atoms with E-state index in [-0.39, 0.29) is 18.0 Å². The number of carbonyl (C=O) groups is 1. The molecule has 1 amide bonds. The number of carbonyl (C=O) groups excluding carboxylic acids is 1. The van der Waals surface area contributed by atoms with Gasteiger partial charge in [0.2, 0.25) is 5.91 Å². The Morgan fingerprint density at radius 1 is 1.29 bits per heavy atom. The second-order valence-corrected chi connectivity index (χ2v) is 4.98. The summed E-state index contributed by atoms with van der Waals surface area (Å²) in [5, 5.41) is 14.1.